The first-order chi connectivity index (χ1) is 9.83. The Bertz CT molecular complexity index is 813. The monoisotopic (exact) mass is 261 g/mol. The summed E-state index contributed by atoms with van der Waals surface area (Å²) in [5, 5.41) is 1.25. The zero-order chi connectivity index (χ0) is 13.5. The molecule has 2 heteroatoms. The number of nitrogens with zero attached hydrogens (tertiary/aromatic N) is 1. The second kappa shape index (κ2) is 4.27. The molecule has 2 aromatic carbocycles. The molecule has 0 saturated heterocycles. The molecule has 0 bridgehead atoms. The minimum Gasteiger partial charge on any atom is -0.481 e. The topological polar surface area (TPSA) is 14.2 Å². The van der Waals surface area contributed by atoms with Crippen LogP contribution in [0.2, 0.25) is 0 Å². The molecule has 1 aliphatic heterocycles. The molecule has 1 aromatic heterocycles. The summed E-state index contributed by atoms with van der Waals surface area (Å²) < 4.78 is 8.29. The van der Waals surface area contributed by atoms with Crippen molar-refractivity contribution in [1.82, 2.24) is 4.57 Å². The minimum atomic E-state index is -0.0176. The molecular weight excluding hydrogens is 246 g/mol. The first kappa shape index (κ1) is 11.4. The lowest BCUT2D eigenvalue weighted by Crippen LogP contribution is -2.08. The number of ether oxygens (including phenoxy) is 1. The van der Waals surface area contributed by atoms with Gasteiger partial charge in [0.2, 0.25) is 0 Å². The Morgan fingerprint density at radius 3 is 2.75 bits per heavy atom. The lowest BCUT2D eigenvalue weighted by molar-refractivity contribution is 0.253. The maximum atomic E-state index is 6.14. The van der Waals surface area contributed by atoms with Gasteiger partial charge in [0.25, 0.3) is 0 Å². The fourth-order valence-electron chi connectivity index (χ4n) is 2.86. The van der Waals surface area contributed by atoms with Crippen LogP contribution in [0.25, 0.3) is 17.0 Å². The van der Waals surface area contributed by atoms with Gasteiger partial charge in [-0.3, -0.25) is 0 Å². The fraction of sp³-hybridized carbons (Fsp3) is 0.111. The molecular formula is C18H15NO. The molecule has 0 radical (unpaired) electrons. The van der Waals surface area contributed by atoms with Crippen molar-refractivity contribution in [3.05, 3.63) is 71.9 Å². The van der Waals surface area contributed by atoms with E-state index in [1.807, 2.05) is 18.2 Å². The number of benzene rings is 2. The summed E-state index contributed by atoms with van der Waals surface area (Å²) in [4.78, 5) is 0. The highest BCUT2D eigenvalue weighted by Gasteiger charge is 2.19. The lowest BCUT2D eigenvalue weighted by Gasteiger charge is -2.21. The summed E-state index contributed by atoms with van der Waals surface area (Å²) in [5.74, 6) is 0.952. The van der Waals surface area contributed by atoms with Gasteiger partial charge in [-0.15, -0.1) is 0 Å². The Labute approximate surface area is 117 Å². The second-order valence-electron chi connectivity index (χ2n) is 5.15. The van der Waals surface area contributed by atoms with Crippen LogP contribution < -0.4 is 4.74 Å². The Balaban J connectivity index is 1.82. The van der Waals surface area contributed by atoms with Crippen molar-refractivity contribution in [3.63, 3.8) is 0 Å². The highest BCUT2D eigenvalue weighted by atomic mass is 16.5. The van der Waals surface area contributed by atoms with Gasteiger partial charge in [0, 0.05) is 35.3 Å². The summed E-state index contributed by atoms with van der Waals surface area (Å²) in [5.41, 5.74) is 3.59. The highest BCUT2D eigenvalue weighted by Crippen LogP contribution is 2.35. The molecule has 1 unspecified atom stereocenters. The average Bonchev–Trinajstić information content (AvgIpc) is 2.85. The van der Waals surface area contributed by atoms with Crippen molar-refractivity contribution in [2.45, 2.75) is 6.10 Å². The largest absolute Gasteiger partial charge is 0.481 e. The Hall–Kier alpha value is -2.48. The van der Waals surface area contributed by atoms with Crippen LogP contribution in [0.3, 0.4) is 0 Å². The van der Waals surface area contributed by atoms with Crippen LogP contribution in [-0.4, -0.2) is 4.57 Å². The Kier molecular flexibility index (Phi) is 2.43. The second-order valence-corrected chi connectivity index (χ2v) is 5.15. The fourth-order valence-corrected chi connectivity index (χ4v) is 2.86. The van der Waals surface area contributed by atoms with Crippen LogP contribution in [-0.2, 0) is 7.05 Å². The highest BCUT2D eigenvalue weighted by molar-refractivity contribution is 5.85. The Morgan fingerprint density at radius 1 is 1.00 bits per heavy atom. The van der Waals surface area contributed by atoms with Gasteiger partial charge in [0.05, 0.1) is 0 Å². The lowest BCUT2D eigenvalue weighted by atomic mass is 10.0. The molecule has 4 rings (SSSR count). The van der Waals surface area contributed by atoms with Gasteiger partial charge in [-0.1, -0.05) is 42.5 Å². The van der Waals surface area contributed by atoms with E-state index in [4.69, 9.17) is 4.74 Å². The van der Waals surface area contributed by atoms with Gasteiger partial charge < -0.3 is 9.30 Å². The van der Waals surface area contributed by atoms with Gasteiger partial charge >= 0.3 is 0 Å². The van der Waals surface area contributed by atoms with Gasteiger partial charge in [-0.25, -0.2) is 0 Å². The third kappa shape index (κ3) is 1.65. The van der Waals surface area contributed by atoms with E-state index in [-0.39, 0.29) is 6.10 Å². The number of para-hydroxylation sites is 2. The molecule has 0 spiro atoms. The normalized spacial score (nSPS) is 16.9. The number of hydrogen-bond acceptors (Lipinski definition) is 1. The molecule has 0 N–H and O–H groups in total. The maximum Gasteiger partial charge on any atom is 0.144 e. The van der Waals surface area contributed by atoms with E-state index >= 15 is 0 Å². The van der Waals surface area contributed by atoms with Gasteiger partial charge in [-0.05, 0) is 18.2 Å². The van der Waals surface area contributed by atoms with Crippen molar-refractivity contribution >= 4 is 17.0 Å². The quantitative estimate of drug-likeness (QED) is 0.636. The number of fused-ring (bicyclic) bond motifs is 2. The van der Waals surface area contributed by atoms with Crippen LogP contribution in [0.5, 0.6) is 5.75 Å². The van der Waals surface area contributed by atoms with Crippen LogP contribution in [0.4, 0.5) is 0 Å². The van der Waals surface area contributed by atoms with Crippen molar-refractivity contribution in [1.29, 1.82) is 0 Å². The van der Waals surface area contributed by atoms with Crippen molar-refractivity contribution < 1.29 is 4.74 Å². The maximum absolute atomic E-state index is 6.14. The number of rotatable bonds is 1. The minimum absolute atomic E-state index is 0.0176. The van der Waals surface area contributed by atoms with Gasteiger partial charge in [0.1, 0.15) is 11.9 Å². The van der Waals surface area contributed by atoms with Crippen molar-refractivity contribution in [2.75, 3.05) is 0 Å². The van der Waals surface area contributed by atoms with E-state index < -0.39 is 0 Å². The molecule has 0 aliphatic carbocycles. The molecule has 1 aliphatic rings. The standard InChI is InChI=1S/C18H15NO/c1-19-12-15(14-7-3-4-8-16(14)19)18-11-10-13-6-2-5-9-17(13)20-18/h2-12,18H,1H3. The van der Waals surface area contributed by atoms with E-state index in [1.54, 1.807) is 0 Å². The first-order valence-corrected chi connectivity index (χ1v) is 6.81. The molecule has 1 atom stereocenters. The van der Waals surface area contributed by atoms with Crippen LogP contribution in [0.15, 0.2) is 60.8 Å². The van der Waals surface area contributed by atoms with Gasteiger partial charge in [-0.2, -0.15) is 0 Å². The van der Waals surface area contributed by atoms with Crippen LogP contribution in [0.1, 0.15) is 17.2 Å². The van der Waals surface area contributed by atoms with E-state index in [0.29, 0.717) is 0 Å². The number of hydrogen-bond donors (Lipinski definition) is 0. The molecule has 0 amide bonds. The van der Waals surface area contributed by atoms with Crippen molar-refractivity contribution in [3.8, 4) is 5.75 Å². The smallest absolute Gasteiger partial charge is 0.144 e. The molecule has 0 saturated carbocycles. The molecule has 3 aromatic rings. The van der Waals surface area contributed by atoms with Gasteiger partial charge in [0.15, 0.2) is 0 Å². The third-order valence-electron chi connectivity index (χ3n) is 3.86. The molecule has 2 heterocycles. The number of aryl methyl sites for hydroxylation is 1. The molecule has 20 heavy (non-hydrogen) atoms. The summed E-state index contributed by atoms with van der Waals surface area (Å²) in [6.07, 6.45) is 6.42. The SMILES string of the molecule is Cn1cc(C2C=Cc3ccccc3O2)c2ccccc21. The zero-order valence-corrected chi connectivity index (χ0v) is 11.3. The summed E-state index contributed by atoms with van der Waals surface area (Å²) in [7, 11) is 2.08. The zero-order valence-electron chi connectivity index (χ0n) is 11.3. The summed E-state index contributed by atoms with van der Waals surface area (Å²) >= 11 is 0. The molecule has 0 fully saturated rings. The third-order valence-corrected chi connectivity index (χ3v) is 3.86. The molecule has 2 nitrogen and oxygen atoms in total. The first-order valence-electron chi connectivity index (χ1n) is 6.81. The van der Waals surface area contributed by atoms with Crippen LogP contribution >= 0.6 is 0 Å². The van der Waals surface area contributed by atoms with E-state index in [1.165, 1.54) is 16.5 Å². The average molecular weight is 261 g/mol. The van der Waals surface area contributed by atoms with Crippen molar-refractivity contribution in [2.24, 2.45) is 7.05 Å². The molecule has 98 valence electrons. The summed E-state index contributed by atoms with van der Waals surface area (Å²) in [6.45, 7) is 0. The van der Waals surface area contributed by atoms with E-state index in [0.717, 1.165) is 11.3 Å². The number of aromatic nitrogens is 1. The van der Waals surface area contributed by atoms with E-state index in [2.05, 4.69) is 60.3 Å². The predicted octanol–water partition coefficient (Wildman–Crippen LogP) is 4.33. The Morgan fingerprint density at radius 2 is 1.80 bits per heavy atom. The predicted molar refractivity (Wildman–Crippen MR) is 81.8 cm³/mol. The van der Waals surface area contributed by atoms with Crippen LogP contribution in [0, 0.1) is 0 Å². The summed E-state index contributed by atoms with van der Waals surface area (Å²) in [6, 6.07) is 16.6. The van der Waals surface area contributed by atoms with E-state index in [9.17, 15) is 0 Å².